The van der Waals surface area contributed by atoms with Crippen molar-refractivity contribution >= 4 is 17.2 Å². The minimum atomic E-state index is -0.262. The Labute approximate surface area is 164 Å². The SMILES string of the molecule is Cc1nn2c(Nc3ccc(F)cc3)cc(C(C)(C)C)nc2c1-c1ccccc1. The Balaban J connectivity index is 1.95. The Morgan fingerprint density at radius 2 is 1.64 bits per heavy atom. The molecule has 0 amide bonds. The van der Waals surface area contributed by atoms with E-state index in [1.54, 1.807) is 12.1 Å². The molecule has 2 heterocycles. The molecule has 0 aliphatic carbocycles. The van der Waals surface area contributed by atoms with Crippen LogP contribution in [0, 0.1) is 12.7 Å². The Morgan fingerprint density at radius 3 is 2.29 bits per heavy atom. The molecular weight excluding hydrogens is 351 g/mol. The lowest BCUT2D eigenvalue weighted by atomic mass is 9.92. The first-order valence-electron chi connectivity index (χ1n) is 9.32. The molecule has 142 valence electrons. The van der Waals surface area contributed by atoms with Gasteiger partial charge in [-0.25, -0.2) is 9.37 Å². The zero-order valence-electron chi connectivity index (χ0n) is 16.5. The summed E-state index contributed by atoms with van der Waals surface area (Å²) in [5.41, 5.74) is 5.44. The van der Waals surface area contributed by atoms with E-state index < -0.39 is 0 Å². The van der Waals surface area contributed by atoms with Gasteiger partial charge < -0.3 is 5.32 Å². The van der Waals surface area contributed by atoms with Crippen LogP contribution in [0.3, 0.4) is 0 Å². The first kappa shape index (κ1) is 18.2. The largest absolute Gasteiger partial charge is 0.340 e. The topological polar surface area (TPSA) is 42.2 Å². The molecule has 0 fully saturated rings. The monoisotopic (exact) mass is 374 g/mol. The fourth-order valence-corrected chi connectivity index (χ4v) is 3.22. The molecule has 4 rings (SSSR count). The van der Waals surface area contributed by atoms with E-state index in [0.717, 1.165) is 39.7 Å². The van der Waals surface area contributed by atoms with E-state index in [2.05, 4.69) is 38.2 Å². The van der Waals surface area contributed by atoms with E-state index in [1.165, 1.54) is 12.1 Å². The summed E-state index contributed by atoms with van der Waals surface area (Å²) in [5, 5.41) is 8.12. The molecule has 0 bridgehead atoms. The number of aromatic nitrogens is 3. The van der Waals surface area contributed by atoms with Gasteiger partial charge in [0.05, 0.1) is 11.4 Å². The fourth-order valence-electron chi connectivity index (χ4n) is 3.22. The van der Waals surface area contributed by atoms with Gasteiger partial charge in [0, 0.05) is 22.7 Å². The molecule has 0 atom stereocenters. The van der Waals surface area contributed by atoms with Gasteiger partial charge in [0.25, 0.3) is 0 Å². The smallest absolute Gasteiger partial charge is 0.165 e. The number of hydrogen-bond donors (Lipinski definition) is 1. The van der Waals surface area contributed by atoms with Gasteiger partial charge in [0.15, 0.2) is 5.65 Å². The molecule has 28 heavy (non-hydrogen) atoms. The van der Waals surface area contributed by atoms with E-state index in [0.29, 0.717) is 0 Å². The molecular formula is C23H23FN4. The number of anilines is 2. The van der Waals surface area contributed by atoms with Crippen LogP contribution in [-0.2, 0) is 5.41 Å². The zero-order valence-corrected chi connectivity index (χ0v) is 16.5. The lowest BCUT2D eigenvalue weighted by Gasteiger charge is -2.20. The van der Waals surface area contributed by atoms with Crippen LogP contribution in [0.25, 0.3) is 16.8 Å². The van der Waals surface area contributed by atoms with Crippen LogP contribution >= 0.6 is 0 Å². The minimum absolute atomic E-state index is 0.132. The van der Waals surface area contributed by atoms with Crippen molar-refractivity contribution in [3.05, 3.63) is 77.9 Å². The average molecular weight is 374 g/mol. The van der Waals surface area contributed by atoms with Crippen LogP contribution in [0.4, 0.5) is 15.9 Å². The summed E-state index contributed by atoms with van der Waals surface area (Å²) in [4.78, 5) is 4.96. The van der Waals surface area contributed by atoms with Gasteiger partial charge in [-0.1, -0.05) is 51.1 Å². The fraction of sp³-hybridized carbons (Fsp3) is 0.217. The third-order valence-electron chi connectivity index (χ3n) is 4.71. The first-order chi connectivity index (χ1) is 13.3. The van der Waals surface area contributed by atoms with Crippen molar-refractivity contribution in [2.45, 2.75) is 33.1 Å². The van der Waals surface area contributed by atoms with Crippen LogP contribution in [0.1, 0.15) is 32.2 Å². The molecule has 4 aromatic rings. The molecule has 2 aromatic carbocycles. The standard InChI is InChI=1S/C23H23FN4/c1-15-21(16-8-6-5-7-9-16)22-26-19(23(2,3)4)14-20(28(22)27-15)25-18-12-10-17(24)11-13-18/h5-14,25H,1-4H3. The van der Waals surface area contributed by atoms with E-state index >= 15 is 0 Å². The van der Waals surface area contributed by atoms with Crippen molar-refractivity contribution in [1.82, 2.24) is 14.6 Å². The maximum Gasteiger partial charge on any atom is 0.165 e. The summed E-state index contributed by atoms with van der Waals surface area (Å²) < 4.78 is 15.1. The Hall–Kier alpha value is -3.21. The Morgan fingerprint density at radius 1 is 0.964 bits per heavy atom. The van der Waals surface area contributed by atoms with Crippen LogP contribution in [0.15, 0.2) is 60.7 Å². The third-order valence-corrected chi connectivity index (χ3v) is 4.71. The van der Waals surface area contributed by atoms with Gasteiger partial charge >= 0.3 is 0 Å². The number of nitrogens with zero attached hydrogens (tertiary/aromatic N) is 3. The molecule has 1 N–H and O–H groups in total. The summed E-state index contributed by atoms with van der Waals surface area (Å²) in [7, 11) is 0. The van der Waals surface area contributed by atoms with E-state index in [4.69, 9.17) is 10.1 Å². The maximum atomic E-state index is 13.3. The number of hydrogen-bond acceptors (Lipinski definition) is 3. The van der Waals surface area contributed by atoms with Crippen LogP contribution in [0.5, 0.6) is 0 Å². The van der Waals surface area contributed by atoms with Crippen LogP contribution in [0.2, 0.25) is 0 Å². The number of fused-ring (bicyclic) bond motifs is 1. The van der Waals surface area contributed by atoms with Crippen molar-refractivity contribution in [2.24, 2.45) is 0 Å². The van der Waals surface area contributed by atoms with E-state index in [9.17, 15) is 4.39 Å². The van der Waals surface area contributed by atoms with E-state index in [-0.39, 0.29) is 11.2 Å². The highest BCUT2D eigenvalue weighted by atomic mass is 19.1. The van der Waals surface area contributed by atoms with Crippen LogP contribution in [-0.4, -0.2) is 14.6 Å². The van der Waals surface area contributed by atoms with Crippen molar-refractivity contribution < 1.29 is 4.39 Å². The Bertz CT molecular complexity index is 1120. The third kappa shape index (κ3) is 3.36. The van der Waals surface area contributed by atoms with Crippen molar-refractivity contribution in [3.8, 4) is 11.1 Å². The van der Waals surface area contributed by atoms with Gasteiger partial charge in [-0.15, -0.1) is 0 Å². The second-order valence-electron chi connectivity index (χ2n) is 7.97. The van der Waals surface area contributed by atoms with Crippen molar-refractivity contribution in [1.29, 1.82) is 0 Å². The van der Waals surface area contributed by atoms with Crippen LogP contribution < -0.4 is 5.32 Å². The molecule has 0 saturated carbocycles. The number of aryl methyl sites for hydroxylation is 1. The second kappa shape index (κ2) is 6.75. The second-order valence-corrected chi connectivity index (χ2v) is 7.97. The van der Waals surface area contributed by atoms with Gasteiger partial charge in [-0.2, -0.15) is 9.61 Å². The molecule has 4 nitrogen and oxygen atoms in total. The summed E-state index contributed by atoms with van der Waals surface area (Å²) in [6.45, 7) is 8.41. The molecule has 0 unspecified atom stereocenters. The van der Waals surface area contributed by atoms with Crippen molar-refractivity contribution in [3.63, 3.8) is 0 Å². The highest BCUT2D eigenvalue weighted by molar-refractivity contribution is 5.81. The van der Waals surface area contributed by atoms with Gasteiger partial charge in [0.1, 0.15) is 11.6 Å². The summed E-state index contributed by atoms with van der Waals surface area (Å²) in [5.74, 6) is 0.536. The molecule has 2 aromatic heterocycles. The zero-order chi connectivity index (χ0) is 19.9. The molecule has 5 heteroatoms. The highest BCUT2D eigenvalue weighted by Gasteiger charge is 2.22. The lowest BCUT2D eigenvalue weighted by Crippen LogP contribution is -2.16. The normalized spacial score (nSPS) is 11.8. The number of nitrogens with one attached hydrogen (secondary N) is 1. The molecule has 0 radical (unpaired) electrons. The molecule has 0 aliphatic rings. The first-order valence-corrected chi connectivity index (χ1v) is 9.32. The highest BCUT2D eigenvalue weighted by Crippen LogP contribution is 2.32. The predicted molar refractivity (Wildman–Crippen MR) is 112 cm³/mol. The van der Waals surface area contributed by atoms with Gasteiger partial charge in [-0.05, 0) is 36.8 Å². The van der Waals surface area contributed by atoms with Gasteiger partial charge in [0.2, 0.25) is 0 Å². The number of benzene rings is 2. The van der Waals surface area contributed by atoms with Gasteiger partial charge in [-0.3, -0.25) is 0 Å². The molecule has 0 spiro atoms. The minimum Gasteiger partial charge on any atom is -0.340 e. The Kier molecular flexibility index (Phi) is 4.38. The summed E-state index contributed by atoms with van der Waals surface area (Å²) >= 11 is 0. The summed E-state index contributed by atoms with van der Waals surface area (Å²) in [6.07, 6.45) is 0. The lowest BCUT2D eigenvalue weighted by molar-refractivity contribution is 0.569. The van der Waals surface area contributed by atoms with E-state index in [1.807, 2.05) is 35.7 Å². The summed E-state index contributed by atoms with van der Waals surface area (Å²) in [6, 6.07) is 18.5. The van der Waals surface area contributed by atoms with Crippen molar-refractivity contribution in [2.75, 3.05) is 5.32 Å². The number of halogens is 1. The number of rotatable bonds is 3. The molecule has 0 saturated heterocycles. The average Bonchev–Trinajstić information content (AvgIpc) is 3.00. The molecule has 0 aliphatic heterocycles. The quantitative estimate of drug-likeness (QED) is 0.486. The maximum absolute atomic E-state index is 13.3. The predicted octanol–water partition coefficient (Wildman–Crippen LogP) is 5.88.